The highest BCUT2D eigenvalue weighted by atomic mass is 32.1. The van der Waals surface area contributed by atoms with Crippen molar-refractivity contribution < 1.29 is 14.7 Å². The Morgan fingerprint density at radius 2 is 2.10 bits per heavy atom. The molecule has 3 atom stereocenters. The summed E-state index contributed by atoms with van der Waals surface area (Å²) in [5.74, 6) is -1.82. The van der Waals surface area contributed by atoms with Crippen LogP contribution in [0.2, 0.25) is 0 Å². The van der Waals surface area contributed by atoms with Gasteiger partial charge in [-0.2, -0.15) is 0 Å². The first kappa shape index (κ1) is 15.0. The predicted octanol–water partition coefficient (Wildman–Crippen LogP) is 2.69. The number of carbonyl (C=O) groups is 2. The number of carboxylic acids is 1. The van der Waals surface area contributed by atoms with Crippen LogP contribution in [-0.4, -0.2) is 23.0 Å². The highest BCUT2D eigenvalue weighted by Gasteiger charge is 2.35. The van der Waals surface area contributed by atoms with Crippen LogP contribution in [0.1, 0.15) is 37.5 Å². The molecule has 1 aliphatic rings. The Labute approximate surface area is 123 Å². The highest BCUT2D eigenvalue weighted by molar-refractivity contribution is 7.09. The number of thiophene rings is 1. The van der Waals surface area contributed by atoms with Gasteiger partial charge in [0, 0.05) is 17.3 Å². The van der Waals surface area contributed by atoms with E-state index in [1.165, 1.54) is 4.88 Å². The maximum atomic E-state index is 12.3. The Bertz CT molecular complexity index is 458. The van der Waals surface area contributed by atoms with Crippen LogP contribution in [-0.2, 0) is 16.0 Å². The van der Waals surface area contributed by atoms with Crippen molar-refractivity contribution in [1.82, 2.24) is 5.32 Å². The number of hydrogen-bond acceptors (Lipinski definition) is 3. The molecule has 1 saturated carbocycles. The minimum Gasteiger partial charge on any atom is -0.481 e. The molecule has 2 N–H and O–H groups in total. The largest absolute Gasteiger partial charge is 0.481 e. The molecule has 1 aromatic rings. The van der Waals surface area contributed by atoms with Crippen LogP contribution in [0, 0.1) is 11.8 Å². The van der Waals surface area contributed by atoms with E-state index in [1.807, 2.05) is 24.4 Å². The minimum atomic E-state index is -0.837. The van der Waals surface area contributed by atoms with Gasteiger partial charge in [0.05, 0.1) is 11.8 Å². The predicted molar refractivity (Wildman–Crippen MR) is 78.7 cm³/mol. The number of aliphatic carboxylic acids is 1. The third-order valence-electron chi connectivity index (χ3n) is 3.90. The van der Waals surface area contributed by atoms with Gasteiger partial charge in [0.25, 0.3) is 0 Å². The summed E-state index contributed by atoms with van der Waals surface area (Å²) in [4.78, 5) is 24.7. The molecule has 1 amide bonds. The highest BCUT2D eigenvalue weighted by Crippen LogP contribution is 2.30. The van der Waals surface area contributed by atoms with E-state index in [2.05, 4.69) is 5.32 Å². The molecule has 1 heterocycles. The van der Waals surface area contributed by atoms with Crippen molar-refractivity contribution in [3.63, 3.8) is 0 Å². The molecule has 5 heteroatoms. The summed E-state index contributed by atoms with van der Waals surface area (Å²) in [6, 6.07) is 4.09. The summed E-state index contributed by atoms with van der Waals surface area (Å²) >= 11 is 1.67. The molecule has 20 heavy (non-hydrogen) atoms. The fourth-order valence-electron chi connectivity index (χ4n) is 2.87. The summed E-state index contributed by atoms with van der Waals surface area (Å²) in [6.45, 7) is 1.97. The SMILES string of the molecule is CC(Cc1cccs1)NC(=O)[C@@H]1CCCC[C@@H]1C(=O)O. The van der Waals surface area contributed by atoms with Crippen molar-refractivity contribution in [2.24, 2.45) is 11.8 Å². The van der Waals surface area contributed by atoms with E-state index >= 15 is 0 Å². The number of carboxylic acid groups (broad SMARTS) is 1. The molecule has 1 aliphatic carbocycles. The lowest BCUT2D eigenvalue weighted by Gasteiger charge is -2.28. The fraction of sp³-hybridized carbons (Fsp3) is 0.600. The third-order valence-corrected chi connectivity index (χ3v) is 4.79. The fourth-order valence-corrected chi connectivity index (χ4v) is 3.71. The van der Waals surface area contributed by atoms with Crippen molar-refractivity contribution in [3.05, 3.63) is 22.4 Å². The molecule has 0 saturated heterocycles. The van der Waals surface area contributed by atoms with Gasteiger partial charge in [0.2, 0.25) is 5.91 Å². The van der Waals surface area contributed by atoms with Crippen LogP contribution >= 0.6 is 11.3 Å². The summed E-state index contributed by atoms with van der Waals surface area (Å²) in [5.41, 5.74) is 0. The van der Waals surface area contributed by atoms with Gasteiger partial charge < -0.3 is 10.4 Å². The maximum Gasteiger partial charge on any atom is 0.307 e. The van der Waals surface area contributed by atoms with E-state index < -0.39 is 11.9 Å². The van der Waals surface area contributed by atoms with Crippen LogP contribution in [0.3, 0.4) is 0 Å². The lowest BCUT2D eigenvalue weighted by Crippen LogP contribution is -2.43. The number of carbonyl (C=O) groups excluding carboxylic acids is 1. The zero-order valence-corrected chi connectivity index (χ0v) is 12.5. The van der Waals surface area contributed by atoms with E-state index in [4.69, 9.17) is 0 Å². The maximum absolute atomic E-state index is 12.3. The van der Waals surface area contributed by atoms with Gasteiger partial charge in [-0.15, -0.1) is 11.3 Å². The average Bonchev–Trinajstić information content (AvgIpc) is 2.91. The van der Waals surface area contributed by atoms with Crippen LogP contribution in [0.25, 0.3) is 0 Å². The molecule has 1 unspecified atom stereocenters. The van der Waals surface area contributed by atoms with E-state index in [0.29, 0.717) is 12.8 Å². The molecule has 0 radical (unpaired) electrons. The monoisotopic (exact) mass is 295 g/mol. The Morgan fingerprint density at radius 1 is 1.40 bits per heavy atom. The minimum absolute atomic E-state index is 0.0394. The summed E-state index contributed by atoms with van der Waals surface area (Å²) in [7, 11) is 0. The summed E-state index contributed by atoms with van der Waals surface area (Å²) in [5, 5.41) is 14.2. The van der Waals surface area contributed by atoms with Gasteiger partial charge in [-0.1, -0.05) is 18.9 Å². The number of rotatable bonds is 5. The van der Waals surface area contributed by atoms with E-state index in [1.54, 1.807) is 11.3 Å². The van der Waals surface area contributed by atoms with Crippen molar-refractivity contribution >= 4 is 23.2 Å². The first-order valence-electron chi connectivity index (χ1n) is 7.13. The average molecular weight is 295 g/mol. The normalized spacial score (nSPS) is 24.1. The molecule has 0 aliphatic heterocycles. The molecule has 2 rings (SSSR count). The van der Waals surface area contributed by atoms with E-state index in [0.717, 1.165) is 19.3 Å². The second kappa shape index (κ2) is 6.88. The molecule has 4 nitrogen and oxygen atoms in total. The van der Waals surface area contributed by atoms with E-state index in [-0.39, 0.29) is 17.9 Å². The van der Waals surface area contributed by atoms with Crippen molar-refractivity contribution in [1.29, 1.82) is 0 Å². The van der Waals surface area contributed by atoms with E-state index in [9.17, 15) is 14.7 Å². The smallest absolute Gasteiger partial charge is 0.307 e. The van der Waals surface area contributed by atoms with Gasteiger partial charge >= 0.3 is 5.97 Å². The van der Waals surface area contributed by atoms with Crippen molar-refractivity contribution in [3.8, 4) is 0 Å². The number of hydrogen-bond donors (Lipinski definition) is 2. The van der Waals surface area contributed by atoms with Gasteiger partial charge in [-0.25, -0.2) is 0 Å². The van der Waals surface area contributed by atoms with Gasteiger partial charge in [0.1, 0.15) is 0 Å². The van der Waals surface area contributed by atoms with Crippen LogP contribution < -0.4 is 5.32 Å². The second-order valence-electron chi connectivity index (χ2n) is 5.53. The molecule has 110 valence electrons. The van der Waals surface area contributed by atoms with Crippen molar-refractivity contribution in [2.75, 3.05) is 0 Å². The van der Waals surface area contributed by atoms with Gasteiger partial charge in [-0.3, -0.25) is 9.59 Å². The van der Waals surface area contributed by atoms with Crippen LogP contribution in [0.15, 0.2) is 17.5 Å². The lowest BCUT2D eigenvalue weighted by molar-refractivity contribution is -0.149. The van der Waals surface area contributed by atoms with Crippen LogP contribution in [0.5, 0.6) is 0 Å². The molecular formula is C15H21NO3S. The molecule has 1 aromatic heterocycles. The van der Waals surface area contributed by atoms with Gasteiger partial charge in [-0.05, 0) is 31.2 Å². The Balaban J connectivity index is 1.90. The lowest BCUT2D eigenvalue weighted by atomic mass is 9.78. The Kier molecular flexibility index (Phi) is 5.17. The molecule has 1 fully saturated rings. The second-order valence-corrected chi connectivity index (χ2v) is 6.56. The topological polar surface area (TPSA) is 66.4 Å². The first-order chi connectivity index (χ1) is 9.58. The molecule has 0 bridgehead atoms. The Morgan fingerprint density at radius 3 is 2.70 bits per heavy atom. The quantitative estimate of drug-likeness (QED) is 0.877. The first-order valence-corrected chi connectivity index (χ1v) is 8.01. The third kappa shape index (κ3) is 3.82. The number of nitrogens with one attached hydrogen (secondary N) is 1. The zero-order chi connectivity index (χ0) is 14.5. The zero-order valence-electron chi connectivity index (χ0n) is 11.7. The number of amides is 1. The molecular weight excluding hydrogens is 274 g/mol. The standard InChI is InChI=1S/C15H21NO3S/c1-10(9-11-5-4-8-20-11)16-14(17)12-6-2-3-7-13(12)15(18)19/h4-5,8,10,12-13H,2-3,6-7,9H2,1H3,(H,16,17)(H,18,19)/t10?,12-,13+/m1/s1. The molecule has 0 spiro atoms. The van der Waals surface area contributed by atoms with Gasteiger partial charge in [0.15, 0.2) is 0 Å². The van der Waals surface area contributed by atoms with Crippen LogP contribution in [0.4, 0.5) is 0 Å². The van der Waals surface area contributed by atoms with Crippen molar-refractivity contribution in [2.45, 2.75) is 45.1 Å². The summed E-state index contributed by atoms with van der Waals surface area (Å²) < 4.78 is 0. The summed E-state index contributed by atoms with van der Waals surface area (Å²) in [6.07, 6.45) is 3.96. The Hall–Kier alpha value is -1.36. The molecule has 0 aromatic carbocycles.